The standard InChI is InChI=1S/C5H12N4O2/c6-5(7)3(4(10)11)8-1-2-9-5/h3,8-9H,1-2,6-7H2,(H,10,11). The minimum atomic E-state index is -1.34. The molecule has 0 aromatic heterocycles. The van der Waals surface area contributed by atoms with Gasteiger partial charge < -0.3 is 5.11 Å². The maximum Gasteiger partial charge on any atom is 0.325 e. The highest BCUT2D eigenvalue weighted by Crippen LogP contribution is 1.99. The van der Waals surface area contributed by atoms with Crippen molar-refractivity contribution in [2.45, 2.75) is 11.8 Å². The van der Waals surface area contributed by atoms with E-state index < -0.39 is 17.8 Å². The molecule has 0 saturated carbocycles. The Bertz CT molecular complexity index is 170. The number of nitrogens with one attached hydrogen (secondary N) is 2. The summed E-state index contributed by atoms with van der Waals surface area (Å²) < 4.78 is 0. The van der Waals surface area contributed by atoms with Gasteiger partial charge in [0.2, 0.25) is 0 Å². The summed E-state index contributed by atoms with van der Waals surface area (Å²) in [5.74, 6) is -2.38. The summed E-state index contributed by atoms with van der Waals surface area (Å²) in [4.78, 5) is 10.5. The van der Waals surface area contributed by atoms with Gasteiger partial charge in [0.05, 0.1) is 0 Å². The largest absolute Gasteiger partial charge is 0.480 e. The molecule has 1 unspecified atom stereocenters. The Balaban J connectivity index is 2.67. The summed E-state index contributed by atoms with van der Waals surface area (Å²) in [6.07, 6.45) is 0. The molecule has 0 amide bonds. The highest BCUT2D eigenvalue weighted by atomic mass is 16.4. The minimum absolute atomic E-state index is 0.563. The molecule has 1 rings (SSSR count). The molecule has 0 bridgehead atoms. The van der Waals surface area contributed by atoms with Gasteiger partial charge in [-0.1, -0.05) is 0 Å². The highest BCUT2D eigenvalue weighted by Gasteiger charge is 2.38. The lowest BCUT2D eigenvalue weighted by atomic mass is 10.1. The summed E-state index contributed by atoms with van der Waals surface area (Å²) in [6.45, 7) is 1.14. The van der Waals surface area contributed by atoms with Gasteiger partial charge in [-0.05, 0) is 0 Å². The van der Waals surface area contributed by atoms with E-state index in [-0.39, 0.29) is 0 Å². The van der Waals surface area contributed by atoms with Gasteiger partial charge >= 0.3 is 5.97 Å². The zero-order valence-corrected chi connectivity index (χ0v) is 6.00. The number of carboxylic acid groups (broad SMARTS) is 1. The van der Waals surface area contributed by atoms with E-state index in [1.807, 2.05) is 0 Å². The average molecular weight is 160 g/mol. The van der Waals surface area contributed by atoms with Crippen LogP contribution in [0.15, 0.2) is 0 Å². The first kappa shape index (κ1) is 8.41. The maximum atomic E-state index is 10.5. The number of rotatable bonds is 1. The van der Waals surface area contributed by atoms with Crippen LogP contribution in [0, 0.1) is 0 Å². The van der Waals surface area contributed by atoms with E-state index in [9.17, 15) is 4.79 Å². The van der Waals surface area contributed by atoms with Crippen LogP contribution < -0.4 is 22.1 Å². The van der Waals surface area contributed by atoms with Crippen molar-refractivity contribution in [3.8, 4) is 0 Å². The molecule has 0 spiro atoms. The number of carbonyl (C=O) groups is 1. The molecule has 7 N–H and O–H groups in total. The third-order valence-electron chi connectivity index (χ3n) is 1.63. The van der Waals surface area contributed by atoms with Crippen LogP contribution in [0.25, 0.3) is 0 Å². The minimum Gasteiger partial charge on any atom is -0.480 e. The second-order valence-corrected chi connectivity index (χ2v) is 2.59. The van der Waals surface area contributed by atoms with Gasteiger partial charge in [-0.25, -0.2) is 0 Å². The average Bonchev–Trinajstić information content (AvgIpc) is 1.85. The summed E-state index contributed by atoms with van der Waals surface area (Å²) in [7, 11) is 0. The summed E-state index contributed by atoms with van der Waals surface area (Å²) >= 11 is 0. The van der Waals surface area contributed by atoms with Crippen molar-refractivity contribution in [3.05, 3.63) is 0 Å². The van der Waals surface area contributed by atoms with Crippen LogP contribution in [0.1, 0.15) is 0 Å². The molecule has 1 atom stereocenters. The predicted octanol–water partition coefficient (Wildman–Crippen LogP) is -2.80. The topological polar surface area (TPSA) is 113 Å². The second-order valence-electron chi connectivity index (χ2n) is 2.59. The Hall–Kier alpha value is -0.690. The van der Waals surface area contributed by atoms with E-state index in [4.69, 9.17) is 16.6 Å². The van der Waals surface area contributed by atoms with Crippen LogP contribution in [0.4, 0.5) is 0 Å². The Labute approximate surface area is 63.9 Å². The van der Waals surface area contributed by atoms with Gasteiger partial charge in [0.15, 0.2) is 6.04 Å². The Morgan fingerprint density at radius 2 is 2.18 bits per heavy atom. The van der Waals surface area contributed by atoms with Crippen molar-refractivity contribution in [1.82, 2.24) is 10.6 Å². The molecule has 0 aliphatic carbocycles. The molecule has 6 heteroatoms. The quantitative estimate of drug-likeness (QED) is 0.265. The first-order chi connectivity index (χ1) is 5.04. The van der Waals surface area contributed by atoms with Crippen molar-refractivity contribution in [2.24, 2.45) is 11.5 Å². The van der Waals surface area contributed by atoms with Crippen molar-refractivity contribution in [2.75, 3.05) is 13.1 Å². The smallest absolute Gasteiger partial charge is 0.325 e. The van der Waals surface area contributed by atoms with Gasteiger partial charge in [-0.3, -0.25) is 26.9 Å². The summed E-state index contributed by atoms with van der Waals surface area (Å²) in [5.41, 5.74) is 10.9. The normalized spacial score (nSPS) is 29.8. The SMILES string of the molecule is NC1(N)NCCNC1C(=O)O. The highest BCUT2D eigenvalue weighted by molar-refractivity contribution is 5.75. The van der Waals surface area contributed by atoms with Gasteiger partial charge in [0, 0.05) is 13.1 Å². The summed E-state index contributed by atoms with van der Waals surface area (Å²) in [6, 6.07) is -0.920. The number of aliphatic carboxylic acids is 1. The molecule has 0 aromatic carbocycles. The number of piperazine rings is 1. The molecule has 0 aromatic rings. The van der Waals surface area contributed by atoms with Crippen molar-refractivity contribution in [1.29, 1.82) is 0 Å². The molecular weight excluding hydrogens is 148 g/mol. The lowest BCUT2D eigenvalue weighted by molar-refractivity contribution is -0.142. The van der Waals surface area contributed by atoms with Gasteiger partial charge in [-0.2, -0.15) is 0 Å². The molecule has 0 radical (unpaired) electrons. The molecule has 64 valence electrons. The maximum absolute atomic E-state index is 10.5. The summed E-state index contributed by atoms with van der Waals surface area (Å²) in [5, 5.41) is 14.0. The van der Waals surface area contributed by atoms with Gasteiger partial charge in [-0.15, -0.1) is 0 Å². The third-order valence-corrected chi connectivity index (χ3v) is 1.63. The molecule has 11 heavy (non-hydrogen) atoms. The van der Waals surface area contributed by atoms with Crippen LogP contribution in [0.5, 0.6) is 0 Å². The fraction of sp³-hybridized carbons (Fsp3) is 0.800. The molecular formula is C5H12N4O2. The van der Waals surface area contributed by atoms with Crippen LogP contribution >= 0.6 is 0 Å². The Morgan fingerprint density at radius 1 is 1.55 bits per heavy atom. The van der Waals surface area contributed by atoms with E-state index >= 15 is 0 Å². The van der Waals surface area contributed by atoms with E-state index in [1.54, 1.807) is 0 Å². The Kier molecular flexibility index (Phi) is 2.10. The number of hydrogen-bond donors (Lipinski definition) is 5. The molecule has 1 aliphatic rings. The zero-order chi connectivity index (χ0) is 8.48. The molecule has 1 heterocycles. The van der Waals surface area contributed by atoms with Crippen LogP contribution in [0.2, 0.25) is 0 Å². The van der Waals surface area contributed by atoms with Crippen molar-refractivity contribution >= 4 is 5.97 Å². The van der Waals surface area contributed by atoms with Crippen molar-refractivity contribution in [3.63, 3.8) is 0 Å². The monoisotopic (exact) mass is 160 g/mol. The zero-order valence-electron chi connectivity index (χ0n) is 6.00. The van der Waals surface area contributed by atoms with E-state index in [2.05, 4.69) is 10.6 Å². The molecule has 6 nitrogen and oxygen atoms in total. The van der Waals surface area contributed by atoms with E-state index in [1.165, 1.54) is 0 Å². The van der Waals surface area contributed by atoms with Crippen LogP contribution in [0.3, 0.4) is 0 Å². The van der Waals surface area contributed by atoms with Crippen LogP contribution in [-0.2, 0) is 4.79 Å². The third kappa shape index (κ3) is 1.66. The van der Waals surface area contributed by atoms with E-state index in [0.717, 1.165) is 0 Å². The number of nitrogens with two attached hydrogens (primary N) is 2. The van der Waals surface area contributed by atoms with Crippen molar-refractivity contribution < 1.29 is 9.90 Å². The lowest BCUT2D eigenvalue weighted by Crippen LogP contribution is -2.78. The second kappa shape index (κ2) is 2.74. The van der Waals surface area contributed by atoms with Gasteiger partial charge in [0.1, 0.15) is 5.79 Å². The number of hydrogen-bond acceptors (Lipinski definition) is 5. The Morgan fingerprint density at radius 3 is 2.55 bits per heavy atom. The number of carboxylic acids is 1. The van der Waals surface area contributed by atoms with Gasteiger partial charge in [0.25, 0.3) is 0 Å². The lowest BCUT2D eigenvalue weighted by Gasteiger charge is -2.36. The molecule has 1 aliphatic heterocycles. The van der Waals surface area contributed by atoms with Crippen LogP contribution in [-0.4, -0.2) is 36.0 Å². The fourth-order valence-corrected chi connectivity index (χ4v) is 1.06. The fourth-order valence-electron chi connectivity index (χ4n) is 1.06. The van der Waals surface area contributed by atoms with E-state index in [0.29, 0.717) is 13.1 Å². The molecule has 1 saturated heterocycles. The first-order valence-electron chi connectivity index (χ1n) is 3.33. The first-order valence-corrected chi connectivity index (χ1v) is 3.33. The predicted molar refractivity (Wildman–Crippen MR) is 38.5 cm³/mol. The molecule has 1 fully saturated rings.